The number of pyridine rings is 1. The Morgan fingerprint density at radius 2 is 1.80 bits per heavy atom. The first kappa shape index (κ1) is 19.2. The van der Waals surface area contributed by atoms with Crippen LogP contribution in [0, 0.1) is 0 Å². The second kappa shape index (κ2) is 7.78. The third-order valence-corrected chi connectivity index (χ3v) is 6.18. The van der Waals surface area contributed by atoms with Crippen LogP contribution in [0.15, 0.2) is 67.1 Å². The third-order valence-electron chi connectivity index (χ3n) is 5.45. The average Bonchev–Trinajstić information content (AvgIpc) is 3.57. The molecule has 1 aliphatic carbocycles. The lowest BCUT2D eigenvalue weighted by atomic mass is 10.0. The van der Waals surface area contributed by atoms with E-state index < -0.39 is 0 Å². The first-order valence-electron chi connectivity index (χ1n) is 9.72. The van der Waals surface area contributed by atoms with Crippen LogP contribution in [0.2, 0.25) is 5.15 Å². The summed E-state index contributed by atoms with van der Waals surface area (Å²) in [5.74, 6) is 0.854. The molecular formula is C23H20ClN5S. The van der Waals surface area contributed by atoms with Gasteiger partial charge in [-0.25, -0.2) is 15.0 Å². The van der Waals surface area contributed by atoms with Crippen molar-refractivity contribution in [2.24, 2.45) is 0 Å². The van der Waals surface area contributed by atoms with E-state index in [0.29, 0.717) is 5.15 Å². The molecule has 0 unspecified atom stereocenters. The number of aromatic nitrogens is 3. The van der Waals surface area contributed by atoms with Crippen molar-refractivity contribution in [3.05, 3.63) is 77.8 Å². The van der Waals surface area contributed by atoms with Gasteiger partial charge in [0.2, 0.25) is 0 Å². The number of fused-ring (bicyclic) bond motifs is 1. The lowest BCUT2D eigenvalue weighted by Crippen LogP contribution is -2.19. The van der Waals surface area contributed by atoms with Crippen LogP contribution in [-0.2, 0) is 5.54 Å². The van der Waals surface area contributed by atoms with E-state index in [1.165, 1.54) is 17.5 Å². The van der Waals surface area contributed by atoms with Gasteiger partial charge in [-0.3, -0.25) is 0 Å². The summed E-state index contributed by atoms with van der Waals surface area (Å²) in [7, 11) is 0. The van der Waals surface area contributed by atoms with Gasteiger partial charge in [0.05, 0.1) is 16.7 Å². The number of hydrogen-bond donors (Lipinski definition) is 2. The van der Waals surface area contributed by atoms with Gasteiger partial charge in [0.1, 0.15) is 12.1 Å². The highest BCUT2D eigenvalue weighted by atomic mass is 35.5. The zero-order valence-electron chi connectivity index (χ0n) is 16.4. The van der Waals surface area contributed by atoms with Crippen molar-refractivity contribution < 1.29 is 0 Å². The van der Waals surface area contributed by atoms with Gasteiger partial charge in [0.15, 0.2) is 5.15 Å². The van der Waals surface area contributed by atoms with Crippen LogP contribution in [0.5, 0.6) is 0 Å². The fourth-order valence-electron chi connectivity index (χ4n) is 3.72. The van der Waals surface area contributed by atoms with Crippen LogP contribution in [0.3, 0.4) is 0 Å². The van der Waals surface area contributed by atoms with Gasteiger partial charge in [-0.05, 0) is 42.2 Å². The van der Waals surface area contributed by atoms with Gasteiger partial charge in [0, 0.05) is 23.4 Å². The fraction of sp³-hybridized carbons (Fsp3) is 0.174. The quantitative estimate of drug-likeness (QED) is 0.281. The van der Waals surface area contributed by atoms with E-state index in [2.05, 4.69) is 61.4 Å². The Morgan fingerprint density at radius 1 is 0.967 bits per heavy atom. The molecule has 1 fully saturated rings. The number of anilines is 2. The van der Waals surface area contributed by atoms with Crippen LogP contribution in [0.1, 0.15) is 18.4 Å². The number of rotatable bonds is 6. The highest BCUT2D eigenvalue weighted by molar-refractivity contribution is 7.99. The summed E-state index contributed by atoms with van der Waals surface area (Å²) in [6.07, 6.45) is 7.54. The zero-order chi connectivity index (χ0) is 20.6. The molecule has 0 amide bonds. The van der Waals surface area contributed by atoms with Crippen LogP contribution in [-0.4, -0.2) is 21.2 Å². The minimum atomic E-state index is -0.0458. The molecule has 2 aromatic heterocycles. The summed E-state index contributed by atoms with van der Waals surface area (Å²) in [6.45, 7) is 0. The van der Waals surface area contributed by atoms with Crippen molar-refractivity contribution >= 4 is 46.0 Å². The number of nitrogens with one attached hydrogen (secondary N) is 2. The highest BCUT2D eigenvalue weighted by Crippen LogP contribution is 2.48. The topological polar surface area (TPSA) is 62.7 Å². The van der Waals surface area contributed by atoms with Crippen LogP contribution < -0.4 is 10.0 Å². The Balaban J connectivity index is 1.55. The maximum absolute atomic E-state index is 6.20. The molecule has 150 valence electrons. The molecule has 0 bridgehead atoms. The zero-order valence-corrected chi connectivity index (χ0v) is 18.0. The summed E-state index contributed by atoms with van der Waals surface area (Å²) in [4.78, 5) is 13.4. The summed E-state index contributed by atoms with van der Waals surface area (Å²) >= 11 is 7.69. The normalized spacial score (nSPS) is 14.5. The highest BCUT2D eigenvalue weighted by Gasteiger charge is 2.44. The van der Waals surface area contributed by atoms with Crippen molar-refractivity contribution in [3.63, 3.8) is 0 Å². The van der Waals surface area contributed by atoms with Crippen LogP contribution >= 0.6 is 23.5 Å². The summed E-state index contributed by atoms with van der Waals surface area (Å²) in [6, 6.07) is 18.8. The van der Waals surface area contributed by atoms with Crippen molar-refractivity contribution in [1.29, 1.82) is 0 Å². The van der Waals surface area contributed by atoms with Gasteiger partial charge in [-0.1, -0.05) is 59.9 Å². The standard InChI is InChI=1S/C23H20ClN5S/c1-30-29-20-12-16(13-25-21(20)24)15-7-8-19-18(11-15)22(27-14-26-19)28-23(9-10-23)17-5-3-2-4-6-17/h2-8,11-14,29H,9-10H2,1H3,(H,26,27,28). The molecule has 0 aliphatic heterocycles. The molecule has 0 radical (unpaired) electrons. The number of nitrogens with zero attached hydrogens (tertiary/aromatic N) is 3. The van der Waals surface area contributed by atoms with Crippen molar-refractivity contribution in [3.8, 4) is 11.1 Å². The minimum absolute atomic E-state index is 0.0458. The predicted molar refractivity (Wildman–Crippen MR) is 126 cm³/mol. The smallest absolute Gasteiger partial charge is 0.152 e. The first-order valence-corrected chi connectivity index (χ1v) is 11.3. The van der Waals surface area contributed by atoms with E-state index in [-0.39, 0.29) is 5.54 Å². The second-order valence-corrected chi connectivity index (χ2v) is 8.37. The number of benzene rings is 2. The van der Waals surface area contributed by atoms with E-state index in [1.54, 1.807) is 12.5 Å². The van der Waals surface area contributed by atoms with E-state index in [0.717, 1.165) is 46.4 Å². The first-order chi connectivity index (χ1) is 14.7. The molecule has 7 heteroatoms. The molecule has 2 aromatic carbocycles. The molecule has 30 heavy (non-hydrogen) atoms. The molecule has 0 saturated heterocycles. The maximum Gasteiger partial charge on any atom is 0.152 e. The largest absolute Gasteiger partial charge is 0.360 e. The Hall–Kier alpha value is -2.83. The second-order valence-electron chi connectivity index (χ2n) is 7.40. The SMILES string of the molecule is CSNc1cc(-c2ccc3ncnc(NC4(c5ccccc5)CC4)c3c2)cnc1Cl. The summed E-state index contributed by atoms with van der Waals surface area (Å²) in [5.41, 5.74) is 4.98. The molecule has 5 nitrogen and oxygen atoms in total. The molecule has 0 atom stereocenters. The predicted octanol–water partition coefficient (Wildman–Crippen LogP) is 6.14. The van der Waals surface area contributed by atoms with Crippen LogP contribution in [0.25, 0.3) is 22.0 Å². The van der Waals surface area contributed by atoms with Gasteiger partial charge in [0.25, 0.3) is 0 Å². The molecule has 2 heterocycles. The van der Waals surface area contributed by atoms with Crippen molar-refractivity contribution in [1.82, 2.24) is 15.0 Å². The summed E-state index contributed by atoms with van der Waals surface area (Å²) < 4.78 is 3.18. The summed E-state index contributed by atoms with van der Waals surface area (Å²) in [5, 5.41) is 5.15. The van der Waals surface area contributed by atoms with Crippen LogP contribution in [0.4, 0.5) is 11.5 Å². The molecule has 5 rings (SSSR count). The molecule has 1 saturated carbocycles. The molecule has 4 aromatic rings. The Morgan fingerprint density at radius 3 is 2.57 bits per heavy atom. The monoisotopic (exact) mass is 433 g/mol. The van der Waals surface area contributed by atoms with Gasteiger partial charge < -0.3 is 10.0 Å². The fourth-order valence-corrected chi connectivity index (χ4v) is 4.30. The average molecular weight is 434 g/mol. The Kier molecular flexibility index (Phi) is 4.97. The number of halogens is 1. The molecule has 1 aliphatic rings. The lowest BCUT2D eigenvalue weighted by Gasteiger charge is -2.20. The van der Waals surface area contributed by atoms with E-state index >= 15 is 0 Å². The van der Waals surface area contributed by atoms with Crippen molar-refractivity contribution in [2.75, 3.05) is 16.3 Å². The van der Waals surface area contributed by atoms with Gasteiger partial charge >= 0.3 is 0 Å². The Labute approximate surface area is 184 Å². The molecular weight excluding hydrogens is 414 g/mol. The minimum Gasteiger partial charge on any atom is -0.360 e. The van der Waals surface area contributed by atoms with E-state index in [1.807, 2.05) is 24.5 Å². The number of hydrogen-bond acceptors (Lipinski definition) is 6. The molecule has 0 spiro atoms. The lowest BCUT2D eigenvalue weighted by molar-refractivity contribution is 0.802. The molecule has 2 N–H and O–H groups in total. The maximum atomic E-state index is 6.20. The van der Waals surface area contributed by atoms with Gasteiger partial charge in [-0.15, -0.1) is 0 Å². The third kappa shape index (κ3) is 3.57. The van der Waals surface area contributed by atoms with E-state index in [9.17, 15) is 0 Å². The van der Waals surface area contributed by atoms with E-state index in [4.69, 9.17) is 11.6 Å². The van der Waals surface area contributed by atoms with Gasteiger partial charge in [-0.2, -0.15) is 0 Å². The van der Waals surface area contributed by atoms with Crippen molar-refractivity contribution in [2.45, 2.75) is 18.4 Å². The Bertz CT molecular complexity index is 1210.